The molecular formula is C28H20O4. The molecule has 0 N–H and O–H groups in total. The second kappa shape index (κ2) is 8.16. The molecule has 0 aliphatic carbocycles. The highest BCUT2D eigenvalue weighted by Gasteiger charge is 2.19. The van der Waals surface area contributed by atoms with Gasteiger partial charge < -0.3 is 9.15 Å². The molecule has 0 bridgehead atoms. The van der Waals surface area contributed by atoms with Gasteiger partial charge in [0.1, 0.15) is 5.58 Å². The van der Waals surface area contributed by atoms with Gasteiger partial charge in [-0.1, -0.05) is 84.4 Å². The van der Waals surface area contributed by atoms with Gasteiger partial charge in [-0.15, -0.1) is 0 Å². The van der Waals surface area contributed by atoms with E-state index in [2.05, 4.69) is 0 Å². The second-order valence-electron chi connectivity index (χ2n) is 7.69. The van der Waals surface area contributed by atoms with Crippen LogP contribution in [0, 0.1) is 6.92 Å². The van der Waals surface area contributed by atoms with E-state index in [0.717, 1.165) is 16.3 Å². The first-order chi connectivity index (χ1) is 15.6. The quantitative estimate of drug-likeness (QED) is 0.319. The summed E-state index contributed by atoms with van der Waals surface area (Å²) in [5.74, 6) is 0.157. The molecule has 0 unspecified atom stereocenters. The Morgan fingerprint density at radius 2 is 1.50 bits per heavy atom. The molecule has 0 atom stereocenters. The third kappa shape index (κ3) is 3.56. The molecule has 5 aromatic rings. The minimum absolute atomic E-state index is 0.0427. The molecule has 4 aromatic carbocycles. The number of carbonyl (C=O) groups is 1. The summed E-state index contributed by atoms with van der Waals surface area (Å²) in [5, 5.41) is 2.24. The number of ketones is 1. The van der Waals surface area contributed by atoms with E-state index >= 15 is 0 Å². The zero-order valence-corrected chi connectivity index (χ0v) is 17.5. The molecule has 4 nitrogen and oxygen atoms in total. The summed E-state index contributed by atoms with van der Waals surface area (Å²) < 4.78 is 11.9. The number of benzene rings is 4. The maximum absolute atomic E-state index is 13.3. The van der Waals surface area contributed by atoms with Crippen LogP contribution in [0.1, 0.15) is 15.9 Å². The van der Waals surface area contributed by atoms with Gasteiger partial charge in [0.05, 0.1) is 5.39 Å². The van der Waals surface area contributed by atoms with Gasteiger partial charge >= 0.3 is 0 Å². The Morgan fingerprint density at radius 1 is 0.812 bits per heavy atom. The third-order valence-corrected chi connectivity index (χ3v) is 5.51. The number of aryl methyl sites for hydroxylation is 1. The number of hydrogen-bond donors (Lipinski definition) is 0. The van der Waals surface area contributed by atoms with Crippen LogP contribution in [0.2, 0.25) is 0 Å². The Kier molecular flexibility index (Phi) is 5.04. The molecule has 5 rings (SSSR count). The molecule has 4 heteroatoms. The SMILES string of the molecule is Cc1ccc(-c2oc3ccccc3c(=O)c2OCC(=O)c2cccc3ccccc23)cc1. The first-order valence-corrected chi connectivity index (χ1v) is 10.4. The Labute approximate surface area is 184 Å². The predicted molar refractivity (Wildman–Crippen MR) is 126 cm³/mol. The van der Waals surface area contributed by atoms with Crippen LogP contribution >= 0.6 is 0 Å². The topological polar surface area (TPSA) is 56.5 Å². The highest BCUT2D eigenvalue weighted by molar-refractivity contribution is 6.08. The van der Waals surface area contributed by atoms with E-state index in [1.807, 2.05) is 73.7 Å². The number of Topliss-reactive ketones (excluding diaryl/α,β-unsaturated/α-hetero) is 1. The molecule has 0 radical (unpaired) electrons. The van der Waals surface area contributed by atoms with Crippen molar-refractivity contribution >= 4 is 27.5 Å². The second-order valence-corrected chi connectivity index (χ2v) is 7.69. The van der Waals surface area contributed by atoms with Crippen LogP contribution in [-0.4, -0.2) is 12.4 Å². The van der Waals surface area contributed by atoms with Crippen LogP contribution in [0.25, 0.3) is 33.1 Å². The van der Waals surface area contributed by atoms with E-state index in [4.69, 9.17) is 9.15 Å². The largest absolute Gasteiger partial charge is 0.478 e. The summed E-state index contributed by atoms with van der Waals surface area (Å²) >= 11 is 0. The average molecular weight is 420 g/mol. The van der Waals surface area contributed by atoms with Crippen LogP contribution in [0.5, 0.6) is 5.75 Å². The zero-order valence-electron chi connectivity index (χ0n) is 17.5. The molecule has 0 saturated heterocycles. The van der Waals surface area contributed by atoms with Gasteiger partial charge in [-0.2, -0.15) is 0 Å². The van der Waals surface area contributed by atoms with Crippen molar-refractivity contribution in [2.75, 3.05) is 6.61 Å². The summed E-state index contributed by atoms with van der Waals surface area (Å²) in [5.41, 5.74) is 2.54. The number of para-hydroxylation sites is 1. The monoisotopic (exact) mass is 420 g/mol. The number of rotatable bonds is 5. The molecule has 0 fully saturated rings. The lowest BCUT2D eigenvalue weighted by molar-refractivity contribution is 0.0922. The third-order valence-electron chi connectivity index (χ3n) is 5.51. The van der Waals surface area contributed by atoms with Gasteiger partial charge in [-0.25, -0.2) is 0 Å². The summed E-state index contributed by atoms with van der Waals surface area (Å²) in [6.45, 7) is 1.72. The van der Waals surface area contributed by atoms with E-state index in [1.54, 1.807) is 24.3 Å². The molecule has 1 aromatic heterocycles. The van der Waals surface area contributed by atoms with Crippen LogP contribution in [-0.2, 0) is 0 Å². The number of carbonyl (C=O) groups excluding carboxylic acids is 1. The van der Waals surface area contributed by atoms with Crippen molar-refractivity contribution in [3.05, 3.63) is 112 Å². The van der Waals surface area contributed by atoms with Crippen molar-refractivity contribution in [3.8, 4) is 17.1 Å². The first-order valence-electron chi connectivity index (χ1n) is 10.4. The van der Waals surface area contributed by atoms with Crippen molar-refractivity contribution in [1.29, 1.82) is 0 Å². The van der Waals surface area contributed by atoms with Gasteiger partial charge in [-0.3, -0.25) is 9.59 Å². The molecule has 0 aliphatic rings. The lowest BCUT2D eigenvalue weighted by Crippen LogP contribution is -2.17. The van der Waals surface area contributed by atoms with Gasteiger partial charge in [0.25, 0.3) is 0 Å². The van der Waals surface area contributed by atoms with Crippen molar-refractivity contribution in [2.24, 2.45) is 0 Å². The van der Waals surface area contributed by atoms with E-state index in [9.17, 15) is 9.59 Å². The Morgan fingerprint density at radius 3 is 2.31 bits per heavy atom. The summed E-state index contributed by atoms with van der Waals surface area (Å²) in [4.78, 5) is 26.3. The summed E-state index contributed by atoms with van der Waals surface area (Å²) in [7, 11) is 0. The Hall–Kier alpha value is -4.18. The summed E-state index contributed by atoms with van der Waals surface area (Å²) in [6, 6.07) is 27.9. The van der Waals surface area contributed by atoms with Crippen molar-refractivity contribution < 1.29 is 13.9 Å². The predicted octanol–water partition coefficient (Wildman–Crippen LogP) is 6.18. The first kappa shape index (κ1) is 19.8. The standard InChI is InChI=1S/C28H20O4/c1-18-13-15-20(16-14-18)27-28(26(30)23-10-4-5-12-25(23)32-27)31-17-24(29)22-11-6-8-19-7-2-3-9-21(19)22/h2-16H,17H2,1H3. The molecular weight excluding hydrogens is 400 g/mol. The number of hydrogen-bond acceptors (Lipinski definition) is 4. The molecule has 0 spiro atoms. The lowest BCUT2D eigenvalue weighted by Gasteiger charge is -2.12. The summed E-state index contributed by atoms with van der Waals surface area (Å²) in [6.07, 6.45) is 0. The molecule has 1 heterocycles. The zero-order chi connectivity index (χ0) is 22.1. The molecule has 32 heavy (non-hydrogen) atoms. The van der Waals surface area contributed by atoms with E-state index in [1.165, 1.54) is 0 Å². The highest BCUT2D eigenvalue weighted by Crippen LogP contribution is 2.31. The van der Waals surface area contributed by atoms with Gasteiger partial charge in [0.15, 0.2) is 12.4 Å². The lowest BCUT2D eigenvalue weighted by atomic mass is 10.0. The fraction of sp³-hybridized carbons (Fsp3) is 0.0714. The minimum Gasteiger partial charge on any atom is -0.478 e. The van der Waals surface area contributed by atoms with Gasteiger partial charge in [-0.05, 0) is 29.8 Å². The fourth-order valence-corrected chi connectivity index (χ4v) is 3.84. The van der Waals surface area contributed by atoms with Gasteiger partial charge in [0, 0.05) is 11.1 Å². The van der Waals surface area contributed by atoms with Crippen LogP contribution in [0.15, 0.2) is 100 Å². The van der Waals surface area contributed by atoms with Crippen LogP contribution < -0.4 is 10.2 Å². The molecule has 0 amide bonds. The van der Waals surface area contributed by atoms with Crippen molar-refractivity contribution in [3.63, 3.8) is 0 Å². The number of fused-ring (bicyclic) bond motifs is 2. The minimum atomic E-state index is -0.298. The smallest absolute Gasteiger partial charge is 0.235 e. The van der Waals surface area contributed by atoms with E-state index in [0.29, 0.717) is 27.9 Å². The van der Waals surface area contributed by atoms with E-state index < -0.39 is 0 Å². The maximum Gasteiger partial charge on any atom is 0.235 e. The molecule has 156 valence electrons. The van der Waals surface area contributed by atoms with Gasteiger partial charge in [0.2, 0.25) is 17.0 Å². The van der Waals surface area contributed by atoms with Crippen LogP contribution in [0.4, 0.5) is 0 Å². The number of ether oxygens (including phenoxy) is 1. The Bertz CT molecular complexity index is 1510. The maximum atomic E-state index is 13.3. The normalized spacial score (nSPS) is 11.0. The fourth-order valence-electron chi connectivity index (χ4n) is 3.84. The van der Waals surface area contributed by atoms with E-state index in [-0.39, 0.29) is 23.6 Å². The van der Waals surface area contributed by atoms with Crippen molar-refractivity contribution in [2.45, 2.75) is 6.92 Å². The highest BCUT2D eigenvalue weighted by atomic mass is 16.5. The van der Waals surface area contributed by atoms with Crippen molar-refractivity contribution in [1.82, 2.24) is 0 Å². The Balaban J connectivity index is 1.56. The molecule has 0 saturated carbocycles. The average Bonchev–Trinajstić information content (AvgIpc) is 2.83. The molecule has 0 aliphatic heterocycles. The van der Waals surface area contributed by atoms with Crippen LogP contribution in [0.3, 0.4) is 0 Å².